The maximum absolute atomic E-state index is 14.6. The predicted octanol–water partition coefficient (Wildman–Crippen LogP) is 1.32. The Bertz CT molecular complexity index is 2170. The topological polar surface area (TPSA) is 275 Å². The molecule has 0 radical (unpaired) electrons. The third-order valence-corrected chi connectivity index (χ3v) is 12.6. The van der Waals surface area contributed by atoms with E-state index in [-0.39, 0.29) is 63.6 Å². The van der Waals surface area contributed by atoms with Crippen molar-refractivity contribution in [2.75, 3.05) is 19.6 Å². The molecule has 2 aliphatic heterocycles. The van der Waals surface area contributed by atoms with Gasteiger partial charge in [0.2, 0.25) is 41.4 Å². The molecule has 18 nitrogen and oxygen atoms in total. The fraction of sp³-hybridized carbons (Fsp3) is 0.532. The second kappa shape index (κ2) is 23.5. The van der Waals surface area contributed by atoms with Crippen LogP contribution in [0.4, 0.5) is 0 Å². The quantitative estimate of drug-likeness (QED) is 0.0679. The van der Waals surface area contributed by atoms with E-state index in [4.69, 9.17) is 11.5 Å². The highest BCUT2D eigenvalue weighted by atomic mass is 16.2. The molecule has 0 bridgehead atoms. The number of carbonyl (C=O) groups excluding carboxylic acids is 7. The van der Waals surface area contributed by atoms with E-state index in [9.17, 15) is 33.6 Å². The second-order valence-electron chi connectivity index (χ2n) is 17.6. The molecule has 11 N–H and O–H groups in total. The Labute approximate surface area is 379 Å². The van der Waals surface area contributed by atoms with E-state index in [1.807, 2.05) is 54.6 Å². The van der Waals surface area contributed by atoms with Gasteiger partial charge in [-0.3, -0.25) is 38.6 Å². The van der Waals surface area contributed by atoms with Gasteiger partial charge in [0, 0.05) is 56.5 Å². The number of nitrogens with zero attached hydrogens (tertiary/aromatic N) is 2. The average molecular weight is 896 g/mol. The molecule has 3 aromatic rings. The van der Waals surface area contributed by atoms with Crippen molar-refractivity contribution in [2.45, 2.75) is 133 Å². The first kappa shape index (κ1) is 48.0. The molecule has 6 atom stereocenters. The first-order valence-electron chi connectivity index (χ1n) is 23.1. The van der Waals surface area contributed by atoms with Crippen LogP contribution in [0.2, 0.25) is 0 Å². The van der Waals surface area contributed by atoms with E-state index >= 15 is 0 Å². The molecular weight excluding hydrogens is 831 g/mol. The van der Waals surface area contributed by atoms with Gasteiger partial charge in [-0.05, 0) is 68.1 Å². The van der Waals surface area contributed by atoms with Gasteiger partial charge in [-0.1, -0.05) is 80.6 Å². The fourth-order valence-electron chi connectivity index (χ4n) is 9.28. The van der Waals surface area contributed by atoms with Gasteiger partial charge in [0.25, 0.3) is 0 Å². The summed E-state index contributed by atoms with van der Waals surface area (Å²) in [6.07, 6.45) is 8.88. The van der Waals surface area contributed by atoms with E-state index in [1.54, 1.807) is 6.20 Å². The van der Waals surface area contributed by atoms with Crippen LogP contribution >= 0.6 is 0 Å². The molecule has 350 valence electrons. The number of carbonyl (C=O) groups is 7. The number of hydrogen-bond acceptors (Lipinski definition) is 8. The summed E-state index contributed by atoms with van der Waals surface area (Å²) in [5, 5.41) is 18.2. The summed E-state index contributed by atoms with van der Waals surface area (Å²) in [6.45, 7) is 1.82. The Kier molecular flexibility index (Phi) is 17.3. The van der Waals surface area contributed by atoms with E-state index in [1.165, 1.54) is 11.8 Å². The third-order valence-electron chi connectivity index (χ3n) is 12.6. The smallest absolute Gasteiger partial charge is 0.245 e. The van der Waals surface area contributed by atoms with Crippen LogP contribution in [-0.4, -0.2) is 113 Å². The molecule has 1 aromatic heterocycles. The minimum atomic E-state index is -1.14. The molecule has 3 aliphatic rings. The first-order chi connectivity index (χ1) is 31.4. The Balaban J connectivity index is 1.31. The highest BCUT2D eigenvalue weighted by molar-refractivity contribution is 5.98. The van der Waals surface area contributed by atoms with Gasteiger partial charge in [-0.2, -0.15) is 0 Å². The van der Waals surface area contributed by atoms with Crippen molar-refractivity contribution < 1.29 is 33.6 Å². The SMILES string of the molecule is CC(=O)NC(Cc1ccccc1)C(=O)NC1CCCNC(=O)C(CCCN=C(N)N)NC(=O)C(Cc2c[nH]c3ccccc23)NC(=O)C(CC2CCCCC2)NC(=O)C2CCCN2C1=O. The Morgan fingerprint density at radius 3 is 2.26 bits per heavy atom. The first-order valence-corrected chi connectivity index (χ1v) is 23.1. The van der Waals surface area contributed by atoms with Gasteiger partial charge < -0.3 is 53.3 Å². The standard InChI is InChI=1S/C47H65N11O7/c1-29(59)53-37(25-30-13-4-2-5-14-30)42(61)55-36-20-11-22-50-41(60)35(19-10-23-51-47(48)49)54-44(63)39(27-32-28-52-34-18-9-8-17-33(32)34)56-43(62)38(26-31-15-6-3-7-16-31)57-45(64)40-21-12-24-58(40)46(36)65/h2,4-5,8-9,13-14,17-18,28,31,35-40,52H,3,6-7,10-12,15-16,19-27H2,1H3,(H,50,60)(H,53,59)(H,54,63)(H,55,61)(H,56,62)(H,57,64)(H4,48,49,51). The van der Waals surface area contributed by atoms with Gasteiger partial charge in [0.15, 0.2) is 5.96 Å². The molecule has 6 unspecified atom stereocenters. The lowest BCUT2D eigenvalue weighted by atomic mass is 9.84. The van der Waals surface area contributed by atoms with Crippen LogP contribution in [0, 0.1) is 5.92 Å². The lowest BCUT2D eigenvalue weighted by molar-refractivity contribution is -0.142. The number of H-pyrrole nitrogens is 1. The number of rotatable bonds is 13. The van der Waals surface area contributed by atoms with Crippen molar-refractivity contribution >= 4 is 58.2 Å². The molecule has 3 fully saturated rings. The number of nitrogens with two attached hydrogens (primary N) is 2. The molecule has 2 saturated heterocycles. The molecule has 65 heavy (non-hydrogen) atoms. The third kappa shape index (κ3) is 13.8. The maximum Gasteiger partial charge on any atom is 0.245 e. The van der Waals surface area contributed by atoms with Crippen molar-refractivity contribution in [3.63, 3.8) is 0 Å². The number of aromatic amines is 1. The normalized spacial score (nSPS) is 23.4. The van der Waals surface area contributed by atoms with Gasteiger partial charge in [0.1, 0.15) is 36.3 Å². The van der Waals surface area contributed by atoms with Crippen molar-refractivity contribution in [1.82, 2.24) is 41.8 Å². The van der Waals surface area contributed by atoms with Crippen LogP contribution < -0.4 is 43.4 Å². The van der Waals surface area contributed by atoms with Gasteiger partial charge in [0.05, 0.1) is 0 Å². The summed E-state index contributed by atoms with van der Waals surface area (Å²) in [4.78, 5) is 107. The Morgan fingerprint density at radius 2 is 1.51 bits per heavy atom. The van der Waals surface area contributed by atoms with E-state index < -0.39 is 77.6 Å². The molecule has 18 heteroatoms. The molecule has 0 spiro atoms. The second-order valence-corrected chi connectivity index (χ2v) is 17.6. The molecule has 3 heterocycles. The number of aromatic nitrogens is 1. The number of nitrogens with one attached hydrogen (secondary N) is 7. The highest BCUT2D eigenvalue weighted by Gasteiger charge is 2.40. The largest absolute Gasteiger partial charge is 0.370 e. The minimum Gasteiger partial charge on any atom is -0.370 e. The number of hydrogen-bond donors (Lipinski definition) is 9. The zero-order valence-electron chi connectivity index (χ0n) is 37.2. The lowest BCUT2D eigenvalue weighted by Gasteiger charge is -2.32. The van der Waals surface area contributed by atoms with Gasteiger partial charge >= 0.3 is 0 Å². The minimum absolute atomic E-state index is 0.0696. The molecular formula is C47H65N11O7. The highest BCUT2D eigenvalue weighted by Crippen LogP contribution is 2.28. The molecule has 1 aliphatic carbocycles. The van der Waals surface area contributed by atoms with E-state index in [2.05, 4.69) is 41.9 Å². The summed E-state index contributed by atoms with van der Waals surface area (Å²) in [5.74, 6) is -3.59. The number of benzene rings is 2. The molecule has 6 rings (SSSR count). The Hall–Kier alpha value is -6.46. The van der Waals surface area contributed by atoms with Crippen molar-refractivity contribution in [1.29, 1.82) is 0 Å². The number of guanidine groups is 1. The average Bonchev–Trinajstić information content (AvgIpc) is 3.95. The molecule has 7 amide bonds. The monoisotopic (exact) mass is 896 g/mol. The Morgan fingerprint density at radius 1 is 0.800 bits per heavy atom. The van der Waals surface area contributed by atoms with E-state index in [0.29, 0.717) is 25.7 Å². The molecule has 1 saturated carbocycles. The van der Waals surface area contributed by atoms with Crippen LogP contribution in [0.5, 0.6) is 0 Å². The predicted molar refractivity (Wildman–Crippen MR) is 246 cm³/mol. The summed E-state index contributed by atoms with van der Waals surface area (Å²) in [7, 11) is 0. The van der Waals surface area contributed by atoms with Crippen LogP contribution in [0.1, 0.15) is 95.1 Å². The van der Waals surface area contributed by atoms with Crippen molar-refractivity contribution in [3.05, 3.63) is 71.9 Å². The number of para-hydroxylation sites is 1. The fourth-order valence-corrected chi connectivity index (χ4v) is 9.28. The number of fused-ring (bicyclic) bond motifs is 2. The van der Waals surface area contributed by atoms with Crippen LogP contribution in [-0.2, 0) is 46.4 Å². The van der Waals surface area contributed by atoms with Gasteiger partial charge in [-0.15, -0.1) is 0 Å². The maximum atomic E-state index is 14.6. The zero-order chi connectivity index (χ0) is 46.3. The van der Waals surface area contributed by atoms with Crippen molar-refractivity contribution in [2.24, 2.45) is 22.4 Å². The summed E-state index contributed by atoms with van der Waals surface area (Å²) in [6, 6.07) is 10.5. The summed E-state index contributed by atoms with van der Waals surface area (Å²) < 4.78 is 0. The zero-order valence-corrected chi connectivity index (χ0v) is 37.2. The van der Waals surface area contributed by atoms with E-state index in [0.717, 1.165) is 54.1 Å². The summed E-state index contributed by atoms with van der Waals surface area (Å²) >= 11 is 0. The van der Waals surface area contributed by atoms with Crippen LogP contribution in [0.15, 0.2) is 65.8 Å². The van der Waals surface area contributed by atoms with Crippen LogP contribution in [0.3, 0.4) is 0 Å². The van der Waals surface area contributed by atoms with Crippen molar-refractivity contribution in [3.8, 4) is 0 Å². The van der Waals surface area contributed by atoms with Gasteiger partial charge in [-0.25, -0.2) is 0 Å². The molecule has 2 aromatic carbocycles. The lowest BCUT2D eigenvalue weighted by Crippen LogP contribution is -2.60. The number of aliphatic imine (C=N–C) groups is 1. The van der Waals surface area contributed by atoms with Crippen LogP contribution in [0.25, 0.3) is 10.9 Å². The summed E-state index contributed by atoms with van der Waals surface area (Å²) in [5.41, 5.74) is 13.5. The number of amides is 7.